The van der Waals surface area contributed by atoms with Crippen LogP contribution in [0.4, 0.5) is 5.69 Å². The molecule has 102 valence electrons. The predicted octanol–water partition coefficient (Wildman–Crippen LogP) is 3.63. The fourth-order valence-electron chi connectivity index (χ4n) is 2.17. The minimum Gasteiger partial charge on any atom is -0.305 e. The van der Waals surface area contributed by atoms with Crippen molar-refractivity contribution < 1.29 is 9.59 Å². The second-order valence-electron chi connectivity index (χ2n) is 4.82. The number of nitrogens with zero attached hydrogens (tertiary/aromatic N) is 1. The number of amides is 1. The van der Waals surface area contributed by atoms with Gasteiger partial charge >= 0.3 is 0 Å². The first-order valence-electron chi connectivity index (χ1n) is 6.26. The Bertz CT molecular complexity index is 518. The standard InChI is InChI=1S/C14H15BrClNO2/c1-9(4-6-16)5-7-17-12-8-10(15)2-3-11(12)13(18)14(17)19/h2-3,8-9H,4-7H2,1H3. The molecule has 3 nitrogen and oxygen atoms in total. The van der Waals surface area contributed by atoms with Gasteiger partial charge in [-0.2, -0.15) is 0 Å². The summed E-state index contributed by atoms with van der Waals surface area (Å²) in [4.78, 5) is 25.4. The van der Waals surface area contributed by atoms with Crippen LogP contribution < -0.4 is 4.90 Å². The zero-order valence-electron chi connectivity index (χ0n) is 10.7. The molecule has 1 unspecified atom stereocenters. The second-order valence-corrected chi connectivity index (χ2v) is 6.11. The molecule has 0 radical (unpaired) electrons. The van der Waals surface area contributed by atoms with Crippen molar-refractivity contribution >= 4 is 44.9 Å². The van der Waals surface area contributed by atoms with Gasteiger partial charge in [0, 0.05) is 16.9 Å². The van der Waals surface area contributed by atoms with Crippen LogP contribution in [0.3, 0.4) is 0 Å². The predicted molar refractivity (Wildman–Crippen MR) is 79.9 cm³/mol. The summed E-state index contributed by atoms with van der Waals surface area (Å²) in [6.45, 7) is 2.67. The van der Waals surface area contributed by atoms with E-state index < -0.39 is 11.7 Å². The van der Waals surface area contributed by atoms with Crippen molar-refractivity contribution in [3.8, 4) is 0 Å². The van der Waals surface area contributed by atoms with Gasteiger partial charge in [0.05, 0.1) is 11.3 Å². The van der Waals surface area contributed by atoms with Crippen LogP contribution in [-0.4, -0.2) is 24.1 Å². The van der Waals surface area contributed by atoms with Crippen LogP contribution in [0, 0.1) is 5.92 Å². The van der Waals surface area contributed by atoms with Crippen molar-refractivity contribution in [2.24, 2.45) is 5.92 Å². The van der Waals surface area contributed by atoms with Gasteiger partial charge in [-0.05, 0) is 37.0 Å². The molecule has 1 atom stereocenters. The lowest BCUT2D eigenvalue weighted by Crippen LogP contribution is -2.31. The fraction of sp³-hybridized carbons (Fsp3) is 0.429. The monoisotopic (exact) mass is 343 g/mol. The van der Waals surface area contributed by atoms with Gasteiger partial charge in [0.25, 0.3) is 11.7 Å². The highest BCUT2D eigenvalue weighted by Crippen LogP contribution is 2.32. The second kappa shape index (κ2) is 6.06. The fourth-order valence-corrected chi connectivity index (χ4v) is 2.89. The first-order chi connectivity index (χ1) is 9.04. The van der Waals surface area contributed by atoms with Crippen LogP contribution in [0.25, 0.3) is 0 Å². The average molecular weight is 345 g/mol. The third-order valence-electron chi connectivity index (χ3n) is 3.38. The van der Waals surface area contributed by atoms with Crippen molar-refractivity contribution in [3.05, 3.63) is 28.2 Å². The molecule has 0 bridgehead atoms. The third-order valence-corrected chi connectivity index (χ3v) is 4.09. The Labute approximate surface area is 126 Å². The molecule has 0 aliphatic carbocycles. The molecule has 1 amide bonds. The lowest BCUT2D eigenvalue weighted by molar-refractivity contribution is -0.114. The first-order valence-corrected chi connectivity index (χ1v) is 7.59. The summed E-state index contributed by atoms with van der Waals surface area (Å²) < 4.78 is 0.868. The summed E-state index contributed by atoms with van der Waals surface area (Å²) in [5.74, 6) is 0.228. The number of rotatable bonds is 5. The van der Waals surface area contributed by atoms with E-state index >= 15 is 0 Å². The highest BCUT2D eigenvalue weighted by atomic mass is 79.9. The molecule has 0 fully saturated rings. The van der Waals surface area contributed by atoms with Gasteiger partial charge < -0.3 is 4.90 Å². The molecule has 0 saturated heterocycles. The van der Waals surface area contributed by atoms with Crippen molar-refractivity contribution in [3.63, 3.8) is 0 Å². The van der Waals surface area contributed by atoms with Crippen molar-refractivity contribution in [2.45, 2.75) is 19.8 Å². The van der Waals surface area contributed by atoms with Gasteiger partial charge in [0.15, 0.2) is 0 Å². The maximum absolute atomic E-state index is 12.0. The van der Waals surface area contributed by atoms with E-state index in [9.17, 15) is 9.59 Å². The van der Waals surface area contributed by atoms with E-state index in [1.165, 1.54) is 0 Å². The van der Waals surface area contributed by atoms with Crippen LogP contribution in [0.5, 0.6) is 0 Å². The van der Waals surface area contributed by atoms with Crippen molar-refractivity contribution in [1.82, 2.24) is 0 Å². The number of ketones is 1. The van der Waals surface area contributed by atoms with Crippen LogP contribution in [0.1, 0.15) is 30.1 Å². The highest BCUT2D eigenvalue weighted by Gasteiger charge is 2.35. The van der Waals surface area contributed by atoms with Crippen LogP contribution in [-0.2, 0) is 4.79 Å². The number of alkyl halides is 1. The lowest BCUT2D eigenvalue weighted by atomic mass is 10.1. The van der Waals surface area contributed by atoms with Crippen molar-refractivity contribution in [1.29, 1.82) is 0 Å². The number of carbonyl (C=O) groups is 2. The van der Waals surface area contributed by atoms with Gasteiger partial charge in [-0.3, -0.25) is 9.59 Å². The highest BCUT2D eigenvalue weighted by molar-refractivity contribution is 9.10. The molecule has 0 aromatic heterocycles. The van der Waals surface area contributed by atoms with Crippen LogP contribution in [0.2, 0.25) is 0 Å². The summed E-state index contributed by atoms with van der Waals surface area (Å²) in [6.07, 6.45) is 1.76. The quantitative estimate of drug-likeness (QED) is 0.604. The number of hydrogen-bond donors (Lipinski definition) is 0. The molecule has 1 aromatic carbocycles. The molecule has 1 aliphatic rings. The maximum atomic E-state index is 12.0. The Morgan fingerprint density at radius 1 is 1.32 bits per heavy atom. The summed E-state index contributed by atoms with van der Waals surface area (Å²) in [5.41, 5.74) is 1.21. The van der Waals surface area contributed by atoms with E-state index in [0.29, 0.717) is 29.6 Å². The third kappa shape index (κ3) is 3.00. The molecule has 5 heteroatoms. The average Bonchev–Trinajstić information content (AvgIpc) is 2.60. The molecule has 0 spiro atoms. The Kier molecular flexibility index (Phi) is 4.63. The Hall–Kier alpha value is -0.870. The SMILES string of the molecule is CC(CCCl)CCN1C(=O)C(=O)c2ccc(Br)cc21. The molecule has 19 heavy (non-hydrogen) atoms. The maximum Gasteiger partial charge on any atom is 0.299 e. The van der Waals surface area contributed by atoms with E-state index in [1.807, 2.05) is 6.07 Å². The van der Waals surface area contributed by atoms with Crippen LogP contribution in [0.15, 0.2) is 22.7 Å². The topological polar surface area (TPSA) is 37.4 Å². The number of hydrogen-bond acceptors (Lipinski definition) is 2. The van der Waals surface area contributed by atoms with Gasteiger partial charge in [-0.15, -0.1) is 11.6 Å². The van der Waals surface area contributed by atoms with Gasteiger partial charge in [0.1, 0.15) is 0 Å². The minimum absolute atomic E-state index is 0.410. The first kappa shape index (κ1) is 14.5. The Morgan fingerprint density at radius 2 is 2.05 bits per heavy atom. The van der Waals surface area contributed by atoms with Gasteiger partial charge in [-0.1, -0.05) is 22.9 Å². The number of benzene rings is 1. The van der Waals surface area contributed by atoms with Gasteiger partial charge in [0.2, 0.25) is 0 Å². The number of fused-ring (bicyclic) bond motifs is 1. The number of Topliss-reactive ketones (excluding diaryl/α,β-unsaturated/α-hetero) is 1. The van der Waals surface area contributed by atoms with E-state index in [4.69, 9.17) is 11.6 Å². The van der Waals surface area contributed by atoms with Gasteiger partial charge in [-0.25, -0.2) is 0 Å². The molecular formula is C14H15BrClNO2. The lowest BCUT2D eigenvalue weighted by Gasteiger charge is -2.19. The molecule has 1 aliphatic heterocycles. The number of anilines is 1. The van der Waals surface area contributed by atoms with Crippen LogP contribution >= 0.6 is 27.5 Å². The number of carbonyl (C=O) groups excluding carboxylic acids is 2. The molecule has 2 rings (SSSR count). The summed E-state index contributed by atoms with van der Waals surface area (Å²) in [6, 6.07) is 5.30. The normalized spacial score (nSPS) is 15.8. The smallest absolute Gasteiger partial charge is 0.299 e. The summed E-state index contributed by atoms with van der Waals surface area (Å²) >= 11 is 9.08. The molecule has 1 heterocycles. The van der Waals surface area contributed by atoms with E-state index in [2.05, 4.69) is 22.9 Å². The zero-order chi connectivity index (χ0) is 14.0. The van der Waals surface area contributed by atoms with E-state index in [0.717, 1.165) is 17.3 Å². The number of halogens is 2. The van der Waals surface area contributed by atoms with Crippen molar-refractivity contribution in [2.75, 3.05) is 17.3 Å². The molecule has 0 saturated carbocycles. The molecular weight excluding hydrogens is 330 g/mol. The minimum atomic E-state index is -0.425. The largest absolute Gasteiger partial charge is 0.305 e. The van der Waals surface area contributed by atoms with E-state index in [1.54, 1.807) is 17.0 Å². The summed E-state index contributed by atoms with van der Waals surface area (Å²) in [7, 11) is 0. The molecule has 1 aromatic rings. The zero-order valence-corrected chi connectivity index (χ0v) is 13.0. The Morgan fingerprint density at radius 3 is 2.74 bits per heavy atom. The van der Waals surface area contributed by atoms with E-state index in [-0.39, 0.29) is 0 Å². The summed E-state index contributed by atoms with van der Waals surface area (Å²) in [5, 5.41) is 0. The Balaban J connectivity index is 2.16. The molecule has 0 N–H and O–H groups in total.